The Morgan fingerprint density at radius 1 is 0.889 bits per heavy atom. The Labute approximate surface area is 329 Å². The zero-order chi connectivity index (χ0) is 38.0. The number of hydrogen-bond acceptors (Lipinski definition) is 6. The van der Waals surface area contributed by atoms with Crippen molar-refractivity contribution in [3.63, 3.8) is 0 Å². The van der Waals surface area contributed by atoms with Gasteiger partial charge in [-0.15, -0.1) is 0 Å². The number of rotatable bonds is 12. The average molecular weight is 803 g/mol. The molecule has 3 heterocycles. The fourth-order valence-electron chi connectivity index (χ4n) is 6.91. The molecule has 9 nitrogen and oxygen atoms in total. The Balaban J connectivity index is 1.12. The second-order valence-electron chi connectivity index (χ2n) is 15.2. The van der Waals surface area contributed by atoms with Crippen LogP contribution in [0.3, 0.4) is 0 Å². The molecule has 0 unspecified atom stereocenters. The van der Waals surface area contributed by atoms with Crippen molar-refractivity contribution in [1.82, 2.24) is 18.8 Å². The highest BCUT2D eigenvalue weighted by Crippen LogP contribution is 2.35. The van der Waals surface area contributed by atoms with Crippen LogP contribution in [0.4, 0.5) is 5.69 Å². The predicted molar refractivity (Wildman–Crippen MR) is 220 cm³/mol. The molecule has 1 aliphatic carbocycles. The van der Waals surface area contributed by atoms with E-state index in [4.69, 9.17) is 37.9 Å². The Bertz CT molecular complexity index is 2230. The van der Waals surface area contributed by atoms with Gasteiger partial charge >= 0.3 is 10.2 Å². The third-order valence-corrected chi connectivity index (χ3v) is 14.0. The smallest absolute Gasteiger partial charge is 0.334 e. The van der Waals surface area contributed by atoms with Crippen molar-refractivity contribution >= 4 is 47.2 Å². The summed E-state index contributed by atoms with van der Waals surface area (Å²) in [5.41, 5.74) is 6.95. The van der Waals surface area contributed by atoms with E-state index in [2.05, 4.69) is 56.0 Å². The van der Waals surface area contributed by atoms with Gasteiger partial charge in [0.1, 0.15) is 12.6 Å². The molecule has 2 aliphatic rings. The first-order valence-corrected chi connectivity index (χ1v) is 24.2. The summed E-state index contributed by atoms with van der Waals surface area (Å²) >= 11 is 12.8. The maximum atomic E-state index is 13.4. The van der Waals surface area contributed by atoms with E-state index in [9.17, 15) is 13.5 Å². The molecule has 5 aromatic rings. The van der Waals surface area contributed by atoms with Crippen molar-refractivity contribution < 1.29 is 18.3 Å². The average Bonchev–Trinajstić information content (AvgIpc) is 3.66. The number of hydrogen-bond donors (Lipinski definition) is 1. The van der Waals surface area contributed by atoms with Gasteiger partial charge in [0, 0.05) is 55.3 Å². The first-order valence-electron chi connectivity index (χ1n) is 18.4. The van der Waals surface area contributed by atoms with Gasteiger partial charge < -0.3 is 14.4 Å². The van der Waals surface area contributed by atoms with Crippen LogP contribution in [0.25, 0.3) is 28.2 Å². The fraction of sp³-hybridized carbons (Fsp3) is 0.317. The summed E-state index contributed by atoms with van der Waals surface area (Å²) in [5, 5.41) is 11.6. The maximum Gasteiger partial charge on any atom is 0.334 e. The van der Waals surface area contributed by atoms with E-state index >= 15 is 0 Å². The highest BCUT2D eigenvalue weighted by molar-refractivity contribution is 7.91. The van der Waals surface area contributed by atoms with Crippen molar-refractivity contribution in [3.05, 3.63) is 130 Å². The summed E-state index contributed by atoms with van der Waals surface area (Å²) < 4.78 is 36.5. The normalized spacial score (nSPS) is 16.2. The first-order chi connectivity index (χ1) is 25.9. The molecule has 1 aliphatic heterocycles. The van der Waals surface area contributed by atoms with Crippen molar-refractivity contribution in [2.75, 3.05) is 17.6 Å². The topological polar surface area (TPSA) is 101 Å². The lowest BCUT2D eigenvalue weighted by atomic mass is 9.85. The number of aliphatic hydroxyl groups excluding tert-OH is 1. The minimum absolute atomic E-state index is 0.262. The van der Waals surface area contributed by atoms with Gasteiger partial charge in [-0.05, 0) is 84.5 Å². The monoisotopic (exact) mass is 801 g/mol. The quantitative estimate of drug-likeness (QED) is 0.0996. The van der Waals surface area contributed by atoms with Crippen molar-refractivity contribution in [1.29, 1.82) is 0 Å². The van der Waals surface area contributed by atoms with Crippen LogP contribution in [-0.2, 0) is 21.4 Å². The second-order valence-corrected chi connectivity index (χ2v) is 23.4. The van der Waals surface area contributed by atoms with E-state index < -0.39 is 24.2 Å². The van der Waals surface area contributed by atoms with Crippen LogP contribution in [-0.4, -0.2) is 53.8 Å². The number of pyridine rings is 1. The standard InChI is InChI=1S/C41H45Cl2N5O4SSi/c1-54(2,3)22-21-52-28-48-41(49)27-47(53(48,50)51)35-17-15-34(16-18-35)46-26-39(36-19-14-33(42)24-37(36)43)45-40(46)23-29-9-11-31(12-10-29)38-20-13-32(25-44-38)30-7-5-4-6-8-30/h9-20,24-27,30,49H,4-8,21-23,28H2,1-3H3. The lowest BCUT2D eigenvalue weighted by Gasteiger charge is -2.22. The molecule has 7 rings (SSSR count). The third-order valence-electron chi connectivity index (χ3n) is 10.1. The van der Waals surface area contributed by atoms with Crippen LogP contribution < -0.4 is 4.31 Å². The molecule has 1 fully saturated rings. The molecule has 13 heteroatoms. The summed E-state index contributed by atoms with van der Waals surface area (Å²) in [6, 6.07) is 26.0. The zero-order valence-electron chi connectivity index (χ0n) is 30.8. The molecule has 0 atom stereocenters. The summed E-state index contributed by atoms with van der Waals surface area (Å²) in [6.45, 7) is 6.83. The van der Waals surface area contributed by atoms with E-state index in [0.29, 0.717) is 40.4 Å². The summed E-state index contributed by atoms with van der Waals surface area (Å²) in [7, 11) is -5.44. The number of benzene rings is 3. The molecule has 0 radical (unpaired) electrons. The van der Waals surface area contributed by atoms with Gasteiger partial charge in [-0.1, -0.05) is 92.4 Å². The number of aliphatic hydroxyl groups is 1. The highest BCUT2D eigenvalue weighted by Gasteiger charge is 2.38. The lowest BCUT2D eigenvalue weighted by molar-refractivity contribution is 0.0747. The highest BCUT2D eigenvalue weighted by atomic mass is 35.5. The van der Waals surface area contributed by atoms with Crippen LogP contribution >= 0.6 is 23.2 Å². The number of imidazole rings is 1. The number of anilines is 1. The molecule has 54 heavy (non-hydrogen) atoms. The Morgan fingerprint density at radius 3 is 2.28 bits per heavy atom. The Hall–Kier alpha value is -4.13. The molecular weight excluding hydrogens is 758 g/mol. The van der Waals surface area contributed by atoms with Gasteiger partial charge in [0.05, 0.1) is 28.3 Å². The Kier molecular flexibility index (Phi) is 11.2. The van der Waals surface area contributed by atoms with Gasteiger partial charge in [-0.2, -0.15) is 12.7 Å². The third kappa shape index (κ3) is 8.55. The summed E-state index contributed by atoms with van der Waals surface area (Å²) in [5.74, 6) is 0.986. The van der Waals surface area contributed by atoms with Crippen molar-refractivity contribution in [3.8, 4) is 28.2 Å². The van der Waals surface area contributed by atoms with Gasteiger partial charge in [-0.25, -0.2) is 9.29 Å². The van der Waals surface area contributed by atoms with E-state index in [0.717, 1.165) is 48.6 Å². The Morgan fingerprint density at radius 2 is 1.61 bits per heavy atom. The molecule has 3 aromatic carbocycles. The summed E-state index contributed by atoms with van der Waals surface area (Å²) in [6.07, 6.45) is 12.1. The molecule has 0 spiro atoms. The van der Waals surface area contributed by atoms with Crippen LogP contribution in [0.2, 0.25) is 35.7 Å². The number of ether oxygens (including phenoxy) is 1. The fourth-order valence-corrected chi connectivity index (χ4v) is 9.49. The van der Waals surface area contributed by atoms with Gasteiger partial charge in [0.2, 0.25) is 5.88 Å². The molecule has 1 saturated carbocycles. The SMILES string of the molecule is C[Si](C)(C)CCOCN1C(O)=CN(c2ccc(-n3cc(-c4ccc(Cl)cc4Cl)nc3Cc3ccc(-c4ccc(C5CCCCC5)cn4)cc3)cc2)S1(=O)=O. The van der Waals surface area contributed by atoms with Crippen molar-refractivity contribution in [2.45, 2.75) is 70.1 Å². The van der Waals surface area contributed by atoms with Crippen LogP contribution in [0.1, 0.15) is 55.0 Å². The number of halogens is 2. The minimum Gasteiger partial charge on any atom is -0.493 e. The number of nitrogens with zero attached hydrogens (tertiary/aromatic N) is 5. The van der Waals surface area contributed by atoms with Gasteiger partial charge in [0.15, 0.2) is 0 Å². The molecule has 0 bridgehead atoms. The van der Waals surface area contributed by atoms with E-state index in [-0.39, 0.29) is 6.73 Å². The molecule has 282 valence electrons. The predicted octanol–water partition coefficient (Wildman–Crippen LogP) is 10.6. The first kappa shape index (κ1) is 38.2. The summed E-state index contributed by atoms with van der Waals surface area (Å²) in [4.78, 5) is 9.84. The van der Waals surface area contributed by atoms with Crippen LogP contribution in [0.15, 0.2) is 103 Å². The van der Waals surface area contributed by atoms with E-state index in [1.165, 1.54) is 43.9 Å². The van der Waals surface area contributed by atoms with E-state index in [1.54, 1.807) is 24.3 Å². The van der Waals surface area contributed by atoms with Gasteiger partial charge in [0.25, 0.3) is 0 Å². The van der Waals surface area contributed by atoms with Crippen molar-refractivity contribution in [2.24, 2.45) is 0 Å². The van der Waals surface area contributed by atoms with Crippen LogP contribution in [0.5, 0.6) is 0 Å². The zero-order valence-corrected chi connectivity index (χ0v) is 34.1. The molecule has 0 amide bonds. The molecular formula is C41H45Cl2N5O4SSi. The lowest BCUT2D eigenvalue weighted by Crippen LogP contribution is -2.36. The number of aromatic nitrogens is 3. The molecule has 0 saturated heterocycles. The molecule has 1 N–H and O–H groups in total. The largest absolute Gasteiger partial charge is 0.493 e. The van der Waals surface area contributed by atoms with Crippen LogP contribution in [0, 0.1) is 0 Å². The molecule has 2 aromatic heterocycles. The minimum atomic E-state index is -4.08. The maximum absolute atomic E-state index is 13.4. The second kappa shape index (κ2) is 15.9. The van der Waals surface area contributed by atoms with Gasteiger partial charge in [-0.3, -0.25) is 4.98 Å². The van der Waals surface area contributed by atoms with E-state index in [1.807, 2.05) is 35.2 Å².